The molecule has 0 fully saturated rings. The molecule has 0 aromatic heterocycles. The van der Waals surface area contributed by atoms with Crippen molar-refractivity contribution in [1.29, 1.82) is 0 Å². The molecule has 2 N–H and O–H groups in total. The van der Waals surface area contributed by atoms with Gasteiger partial charge in [-0.3, -0.25) is 9.59 Å². The average Bonchev–Trinajstić information content (AvgIpc) is 2.55. The van der Waals surface area contributed by atoms with Crippen molar-refractivity contribution in [2.45, 2.75) is 6.42 Å². The van der Waals surface area contributed by atoms with E-state index in [0.29, 0.717) is 29.7 Å². The van der Waals surface area contributed by atoms with E-state index in [1.807, 2.05) is 6.07 Å². The minimum absolute atomic E-state index is 0.0187. The molecule has 4 nitrogen and oxygen atoms in total. The highest BCUT2D eigenvalue weighted by Gasteiger charge is 2.17. The zero-order chi connectivity index (χ0) is 15.1. The summed E-state index contributed by atoms with van der Waals surface area (Å²) < 4.78 is 0. The van der Waals surface area contributed by atoms with E-state index in [4.69, 9.17) is 5.11 Å². The molecule has 0 aliphatic rings. The zero-order valence-corrected chi connectivity index (χ0v) is 11.6. The molecule has 0 saturated carbocycles. The molecule has 0 aliphatic carbocycles. The first kappa shape index (κ1) is 14.9. The first-order valence-electron chi connectivity index (χ1n) is 6.82. The molecule has 0 aliphatic heterocycles. The summed E-state index contributed by atoms with van der Waals surface area (Å²) in [5, 5.41) is 11.4. The van der Waals surface area contributed by atoms with Crippen molar-refractivity contribution in [3.8, 4) is 0 Å². The Morgan fingerprint density at radius 1 is 0.905 bits per heavy atom. The highest BCUT2D eigenvalue weighted by Crippen LogP contribution is 2.14. The van der Waals surface area contributed by atoms with Crippen LogP contribution in [0.25, 0.3) is 0 Å². The van der Waals surface area contributed by atoms with Crippen LogP contribution in [0, 0.1) is 0 Å². The van der Waals surface area contributed by atoms with Crippen molar-refractivity contribution >= 4 is 11.7 Å². The van der Waals surface area contributed by atoms with E-state index in [-0.39, 0.29) is 18.3 Å². The fourth-order valence-corrected chi connectivity index (χ4v) is 2.00. The summed E-state index contributed by atoms with van der Waals surface area (Å²) in [6.07, 6.45) is 0.487. The Morgan fingerprint density at radius 2 is 1.52 bits per heavy atom. The van der Waals surface area contributed by atoms with Crippen LogP contribution in [0.4, 0.5) is 0 Å². The van der Waals surface area contributed by atoms with Gasteiger partial charge < -0.3 is 10.4 Å². The van der Waals surface area contributed by atoms with Crippen LogP contribution in [0.5, 0.6) is 0 Å². The van der Waals surface area contributed by atoms with Crippen LogP contribution in [-0.2, 0) is 0 Å². The van der Waals surface area contributed by atoms with Crippen molar-refractivity contribution in [2.75, 3.05) is 13.2 Å². The Hall–Kier alpha value is -2.46. The molecule has 108 valence electrons. The van der Waals surface area contributed by atoms with E-state index in [9.17, 15) is 9.59 Å². The van der Waals surface area contributed by atoms with Crippen molar-refractivity contribution in [3.63, 3.8) is 0 Å². The van der Waals surface area contributed by atoms with Crippen molar-refractivity contribution in [2.24, 2.45) is 0 Å². The first-order valence-corrected chi connectivity index (χ1v) is 6.82. The lowest BCUT2D eigenvalue weighted by Crippen LogP contribution is -2.26. The van der Waals surface area contributed by atoms with Crippen LogP contribution in [0.15, 0.2) is 54.6 Å². The van der Waals surface area contributed by atoms with Gasteiger partial charge in [-0.25, -0.2) is 0 Å². The van der Waals surface area contributed by atoms with Gasteiger partial charge >= 0.3 is 0 Å². The Kier molecular flexibility index (Phi) is 5.23. The minimum atomic E-state index is -0.302. The molecule has 2 rings (SSSR count). The summed E-state index contributed by atoms with van der Waals surface area (Å²) >= 11 is 0. The highest BCUT2D eigenvalue weighted by molar-refractivity contribution is 6.15. The van der Waals surface area contributed by atoms with E-state index in [0.717, 1.165) is 0 Å². The van der Waals surface area contributed by atoms with Crippen LogP contribution in [0.1, 0.15) is 32.7 Å². The Morgan fingerprint density at radius 3 is 2.19 bits per heavy atom. The molecule has 0 heterocycles. The molecule has 0 atom stereocenters. The molecule has 2 aromatic carbocycles. The summed E-state index contributed by atoms with van der Waals surface area (Å²) in [6, 6.07) is 15.6. The van der Waals surface area contributed by atoms with Gasteiger partial charge in [-0.15, -0.1) is 0 Å². The lowest BCUT2D eigenvalue weighted by Gasteiger charge is -2.09. The second-order valence-corrected chi connectivity index (χ2v) is 4.57. The average molecular weight is 283 g/mol. The van der Waals surface area contributed by atoms with Crippen molar-refractivity contribution in [1.82, 2.24) is 5.32 Å². The smallest absolute Gasteiger partial charge is 0.252 e. The third kappa shape index (κ3) is 3.77. The highest BCUT2D eigenvalue weighted by atomic mass is 16.3. The van der Waals surface area contributed by atoms with Gasteiger partial charge in [0.25, 0.3) is 5.91 Å². The van der Waals surface area contributed by atoms with Crippen LogP contribution in [0.2, 0.25) is 0 Å². The molecule has 1 amide bonds. The van der Waals surface area contributed by atoms with Gasteiger partial charge in [0.2, 0.25) is 0 Å². The fourth-order valence-electron chi connectivity index (χ4n) is 2.00. The quantitative estimate of drug-likeness (QED) is 0.629. The Labute approximate surface area is 123 Å². The summed E-state index contributed by atoms with van der Waals surface area (Å²) in [4.78, 5) is 24.6. The molecule has 0 saturated heterocycles. The van der Waals surface area contributed by atoms with Gasteiger partial charge in [-0.05, 0) is 12.5 Å². The van der Waals surface area contributed by atoms with E-state index in [2.05, 4.69) is 5.32 Å². The van der Waals surface area contributed by atoms with Crippen LogP contribution < -0.4 is 5.32 Å². The Bertz CT molecular complexity index is 623. The summed E-state index contributed by atoms with van der Waals surface area (Å²) in [7, 11) is 0. The maximum Gasteiger partial charge on any atom is 0.252 e. The van der Waals surface area contributed by atoms with Gasteiger partial charge in [-0.1, -0.05) is 48.5 Å². The van der Waals surface area contributed by atoms with E-state index in [1.165, 1.54) is 0 Å². The van der Waals surface area contributed by atoms with Gasteiger partial charge in [0.05, 0.1) is 5.56 Å². The maximum absolute atomic E-state index is 12.5. The number of nitrogens with one attached hydrogen (secondary N) is 1. The number of amides is 1. The second-order valence-electron chi connectivity index (χ2n) is 4.57. The number of carbonyl (C=O) groups excluding carboxylic acids is 2. The number of rotatable bonds is 6. The number of hydrogen-bond donors (Lipinski definition) is 2. The van der Waals surface area contributed by atoms with Crippen molar-refractivity contribution < 1.29 is 14.7 Å². The van der Waals surface area contributed by atoms with Crippen molar-refractivity contribution in [3.05, 3.63) is 71.3 Å². The SMILES string of the molecule is O=C(NCCCO)c1ccccc1C(=O)c1ccccc1. The number of aliphatic hydroxyl groups excluding tert-OH is 1. The molecule has 0 radical (unpaired) electrons. The topological polar surface area (TPSA) is 66.4 Å². The molecule has 4 heteroatoms. The Balaban J connectivity index is 2.25. The number of aliphatic hydroxyl groups is 1. The van der Waals surface area contributed by atoms with E-state index >= 15 is 0 Å². The first-order chi connectivity index (χ1) is 10.2. The van der Waals surface area contributed by atoms with Gasteiger partial charge in [0.15, 0.2) is 5.78 Å². The molecule has 0 spiro atoms. The molecular formula is C17H17NO3. The number of ketones is 1. The fraction of sp³-hybridized carbons (Fsp3) is 0.176. The zero-order valence-electron chi connectivity index (χ0n) is 11.6. The maximum atomic E-state index is 12.5. The monoisotopic (exact) mass is 283 g/mol. The largest absolute Gasteiger partial charge is 0.396 e. The predicted molar refractivity (Wildman–Crippen MR) is 80.4 cm³/mol. The summed E-state index contributed by atoms with van der Waals surface area (Å²) in [6.45, 7) is 0.397. The molecular weight excluding hydrogens is 266 g/mol. The van der Waals surface area contributed by atoms with Gasteiger partial charge in [0.1, 0.15) is 0 Å². The lowest BCUT2D eigenvalue weighted by molar-refractivity contribution is 0.0940. The number of carbonyl (C=O) groups is 2. The summed E-state index contributed by atoms with van der Waals surface area (Å²) in [5.41, 5.74) is 1.28. The third-order valence-corrected chi connectivity index (χ3v) is 3.07. The van der Waals surface area contributed by atoms with Crippen LogP contribution in [-0.4, -0.2) is 29.9 Å². The number of hydrogen-bond acceptors (Lipinski definition) is 3. The van der Waals surface area contributed by atoms with E-state index < -0.39 is 0 Å². The molecule has 2 aromatic rings. The predicted octanol–water partition coefficient (Wildman–Crippen LogP) is 2.03. The summed E-state index contributed by atoms with van der Waals surface area (Å²) in [5.74, 6) is -0.480. The lowest BCUT2D eigenvalue weighted by atomic mass is 9.98. The standard InChI is InChI=1S/C17H17NO3/c19-12-6-11-18-17(21)15-10-5-4-9-14(15)16(20)13-7-2-1-3-8-13/h1-5,7-10,19H,6,11-12H2,(H,18,21). The normalized spacial score (nSPS) is 10.1. The molecule has 0 unspecified atom stereocenters. The molecule has 0 bridgehead atoms. The minimum Gasteiger partial charge on any atom is -0.396 e. The molecule has 21 heavy (non-hydrogen) atoms. The third-order valence-electron chi connectivity index (χ3n) is 3.07. The van der Waals surface area contributed by atoms with Gasteiger partial charge in [-0.2, -0.15) is 0 Å². The van der Waals surface area contributed by atoms with Crippen LogP contribution in [0.3, 0.4) is 0 Å². The second kappa shape index (κ2) is 7.36. The van der Waals surface area contributed by atoms with E-state index in [1.54, 1.807) is 48.5 Å². The van der Waals surface area contributed by atoms with Gasteiger partial charge in [0, 0.05) is 24.3 Å². The number of benzene rings is 2. The van der Waals surface area contributed by atoms with Crippen LogP contribution >= 0.6 is 0 Å².